The molecule has 1 heterocycles. The molecular weight excluding hydrogens is 196 g/mol. The summed E-state index contributed by atoms with van der Waals surface area (Å²) in [5.74, 6) is 1.29. The smallest absolute Gasteiger partial charge is 0.1000 e. The van der Waals surface area contributed by atoms with Gasteiger partial charge in [0, 0.05) is 13.0 Å². The Morgan fingerprint density at radius 3 is 2.69 bits per heavy atom. The summed E-state index contributed by atoms with van der Waals surface area (Å²) < 4.78 is 0. The van der Waals surface area contributed by atoms with Crippen LogP contribution in [0.2, 0.25) is 0 Å². The summed E-state index contributed by atoms with van der Waals surface area (Å²) in [6.45, 7) is 7.79. The third-order valence-electron chi connectivity index (χ3n) is 3.42. The van der Waals surface area contributed by atoms with E-state index in [2.05, 4.69) is 43.9 Å². The van der Waals surface area contributed by atoms with Crippen molar-refractivity contribution in [3.8, 4) is 0 Å². The van der Waals surface area contributed by atoms with E-state index < -0.39 is 0 Å². The minimum absolute atomic E-state index is 0.372. The van der Waals surface area contributed by atoms with Crippen molar-refractivity contribution in [2.24, 2.45) is 4.99 Å². The molecule has 0 N–H and O–H groups in total. The zero-order valence-corrected chi connectivity index (χ0v) is 10.6. The van der Waals surface area contributed by atoms with Gasteiger partial charge in [0.05, 0.1) is 17.9 Å². The predicted molar refractivity (Wildman–Crippen MR) is 69.8 cm³/mol. The summed E-state index contributed by atoms with van der Waals surface area (Å²) in [5.41, 5.74) is 1.45. The molecule has 2 rings (SSSR count). The van der Waals surface area contributed by atoms with Crippen molar-refractivity contribution in [1.82, 2.24) is 4.90 Å². The van der Waals surface area contributed by atoms with E-state index in [1.807, 2.05) is 0 Å². The number of rotatable bonds is 4. The summed E-state index contributed by atoms with van der Waals surface area (Å²) in [5, 5.41) is 0. The number of hydrogen-bond acceptors (Lipinski definition) is 2. The van der Waals surface area contributed by atoms with E-state index in [9.17, 15) is 0 Å². The highest BCUT2D eigenvalue weighted by Gasteiger charge is 2.33. The number of hydrogen-bond donors (Lipinski definition) is 0. The van der Waals surface area contributed by atoms with Gasteiger partial charge in [0.25, 0.3) is 0 Å². The van der Waals surface area contributed by atoms with Gasteiger partial charge >= 0.3 is 0 Å². The fourth-order valence-electron chi connectivity index (χ4n) is 2.57. The van der Waals surface area contributed by atoms with Crippen molar-refractivity contribution >= 4 is 5.84 Å². The second-order valence-electron chi connectivity index (χ2n) is 4.53. The molecule has 0 aromatic rings. The van der Waals surface area contributed by atoms with Gasteiger partial charge in [-0.2, -0.15) is 0 Å². The van der Waals surface area contributed by atoms with Gasteiger partial charge in [-0.05, 0) is 12.8 Å². The van der Waals surface area contributed by atoms with Crippen molar-refractivity contribution in [1.29, 1.82) is 0 Å². The van der Waals surface area contributed by atoms with Crippen molar-refractivity contribution in [2.45, 2.75) is 52.1 Å². The van der Waals surface area contributed by atoms with E-state index in [0.29, 0.717) is 12.1 Å². The van der Waals surface area contributed by atoms with Crippen LogP contribution in [0.5, 0.6) is 0 Å². The second-order valence-corrected chi connectivity index (χ2v) is 4.53. The molecule has 0 aromatic heterocycles. The number of aliphatic imine (C=N–C) groups is 1. The van der Waals surface area contributed by atoms with Gasteiger partial charge in [0.15, 0.2) is 0 Å². The van der Waals surface area contributed by atoms with E-state index in [4.69, 9.17) is 4.99 Å². The molecule has 0 spiro atoms. The molecule has 0 amide bonds. The van der Waals surface area contributed by atoms with E-state index in [1.165, 1.54) is 17.8 Å². The topological polar surface area (TPSA) is 15.6 Å². The Morgan fingerprint density at radius 1 is 1.25 bits per heavy atom. The van der Waals surface area contributed by atoms with Crippen LogP contribution in [0.1, 0.15) is 40.0 Å². The maximum Gasteiger partial charge on any atom is 0.1000 e. The van der Waals surface area contributed by atoms with Crippen molar-refractivity contribution in [3.05, 3.63) is 23.8 Å². The molecule has 1 aliphatic heterocycles. The summed E-state index contributed by atoms with van der Waals surface area (Å²) in [4.78, 5) is 7.30. The van der Waals surface area contributed by atoms with Crippen LogP contribution in [0, 0.1) is 0 Å². The van der Waals surface area contributed by atoms with Gasteiger partial charge in [0.1, 0.15) is 0 Å². The Hall–Kier alpha value is -1.05. The van der Waals surface area contributed by atoms with Crippen LogP contribution in [-0.2, 0) is 0 Å². The molecule has 2 aliphatic rings. The zero-order valence-electron chi connectivity index (χ0n) is 10.6. The van der Waals surface area contributed by atoms with E-state index in [-0.39, 0.29) is 0 Å². The molecule has 0 aromatic carbocycles. The first kappa shape index (κ1) is 11.4. The monoisotopic (exact) mass is 218 g/mol. The molecule has 2 atom stereocenters. The SMILES string of the molecule is CCCN1C(CC)=NC2C=CC(CC)=CC21. The normalized spacial score (nSPS) is 27.8. The molecule has 0 fully saturated rings. The molecule has 2 heteroatoms. The van der Waals surface area contributed by atoms with E-state index in [1.54, 1.807) is 0 Å². The minimum atomic E-state index is 0.372. The zero-order chi connectivity index (χ0) is 11.5. The lowest BCUT2D eigenvalue weighted by atomic mass is 9.97. The Balaban J connectivity index is 2.21. The quantitative estimate of drug-likeness (QED) is 0.707. The Bertz CT molecular complexity index is 339. The van der Waals surface area contributed by atoms with Crippen LogP contribution in [0.15, 0.2) is 28.8 Å². The van der Waals surface area contributed by atoms with E-state index >= 15 is 0 Å². The van der Waals surface area contributed by atoms with Crippen LogP contribution >= 0.6 is 0 Å². The molecule has 16 heavy (non-hydrogen) atoms. The maximum absolute atomic E-state index is 4.81. The molecule has 1 aliphatic carbocycles. The minimum Gasteiger partial charge on any atom is -0.351 e. The molecule has 2 unspecified atom stereocenters. The van der Waals surface area contributed by atoms with Gasteiger partial charge in [0.2, 0.25) is 0 Å². The number of amidine groups is 1. The molecule has 0 saturated heterocycles. The van der Waals surface area contributed by atoms with Crippen molar-refractivity contribution in [3.63, 3.8) is 0 Å². The molecular formula is C14H22N2. The summed E-state index contributed by atoms with van der Waals surface area (Å²) in [7, 11) is 0. The standard InChI is InChI=1S/C14H22N2/c1-4-9-16-13-10-11(5-2)7-8-12(13)15-14(16)6-3/h7-8,10,12-13H,4-6,9H2,1-3H3. The van der Waals surface area contributed by atoms with Gasteiger partial charge < -0.3 is 4.90 Å². The highest BCUT2D eigenvalue weighted by molar-refractivity contribution is 5.85. The Morgan fingerprint density at radius 2 is 2.06 bits per heavy atom. The largest absolute Gasteiger partial charge is 0.351 e. The maximum atomic E-state index is 4.81. The number of nitrogens with zero attached hydrogens (tertiary/aromatic N) is 2. The van der Waals surface area contributed by atoms with Crippen LogP contribution < -0.4 is 0 Å². The molecule has 0 radical (unpaired) electrons. The third kappa shape index (κ3) is 1.93. The van der Waals surface area contributed by atoms with Gasteiger partial charge in [-0.3, -0.25) is 4.99 Å². The van der Waals surface area contributed by atoms with Crippen molar-refractivity contribution in [2.75, 3.05) is 6.54 Å². The van der Waals surface area contributed by atoms with Gasteiger partial charge in [-0.15, -0.1) is 0 Å². The van der Waals surface area contributed by atoms with Crippen LogP contribution in [0.3, 0.4) is 0 Å². The van der Waals surface area contributed by atoms with Gasteiger partial charge in [-0.25, -0.2) is 0 Å². The number of allylic oxidation sites excluding steroid dienone is 2. The van der Waals surface area contributed by atoms with E-state index in [0.717, 1.165) is 19.4 Å². The highest BCUT2D eigenvalue weighted by Crippen LogP contribution is 2.27. The predicted octanol–water partition coefficient (Wildman–Crippen LogP) is 3.16. The fraction of sp³-hybridized carbons (Fsp3) is 0.643. The molecule has 88 valence electrons. The van der Waals surface area contributed by atoms with Crippen LogP contribution in [0.25, 0.3) is 0 Å². The molecule has 2 nitrogen and oxygen atoms in total. The highest BCUT2D eigenvalue weighted by atomic mass is 15.3. The first-order valence-electron chi connectivity index (χ1n) is 6.52. The Kier molecular flexibility index (Phi) is 3.47. The first-order chi connectivity index (χ1) is 7.80. The van der Waals surface area contributed by atoms with Crippen LogP contribution in [-0.4, -0.2) is 29.4 Å². The lowest BCUT2D eigenvalue weighted by molar-refractivity contribution is 0.363. The third-order valence-corrected chi connectivity index (χ3v) is 3.42. The summed E-state index contributed by atoms with van der Waals surface area (Å²) >= 11 is 0. The fourth-order valence-corrected chi connectivity index (χ4v) is 2.57. The second kappa shape index (κ2) is 4.86. The van der Waals surface area contributed by atoms with Gasteiger partial charge in [-0.1, -0.05) is 44.6 Å². The average molecular weight is 218 g/mol. The summed E-state index contributed by atoms with van der Waals surface area (Å²) in [6.07, 6.45) is 10.3. The molecule has 0 saturated carbocycles. The van der Waals surface area contributed by atoms with Crippen LogP contribution in [0.4, 0.5) is 0 Å². The Labute approximate surface area is 98.7 Å². The lowest BCUT2D eigenvalue weighted by Gasteiger charge is -2.29. The first-order valence-corrected chi connectivity index (χ1v) is 6.52. The average Bonchev–Trinajstić information content (AvgIpc) is 2.67. The molecule has 0 bridgehead atoms. The lowest BCUT2D eigenvalue weighted by Crippen LogP contribution is -2.39. The summed E-state index contributed by atoms with van der Waals surface area (Å²) in [6, 6.07) is 0.867. The van der Waals surface area contributed by atoms with Crippen molar-refractivity contribution < 1.29 is 0 Å². The number of fused-ring (bicyclic) bond motifs is 1.